The van der Waals surface area contributed by atoms with Crippen molar-refractivity contribution < 1.29 is 31.8 Å². The van der Waals surface area contributed by atoms with Crippen LogP contribution in [0.15, 0.2) is 30.3 Å². The predicted octanol–water partition coefficient (Wildman–Crippen LogP) is 2.78. The number of amides is 1. The van der Waals surface area contributed by atoms with Gasteiger partial charge in [-0.05, 0) is 24.6 Å². The third kappa shape index (κ3) is 3.56. The summed E-state index contributed by atoms with van der Waals surface area (Å²) in [6, 6.07) is 4.98. The predicted molar refractivity (Wildman–Crippen MR) is 88.2 cm³/mol. The Morgan fingerprint density at radius 3 is 2.71 bits per heavy atom. The SMILES string of the molecule is O=C1c2cc(COc3cccc(F)c3)nn2CCN1[C@H](C1CCO1)C(F)(F)F. The van der Waals surface area contributed by atoms with Crippen molar-refractivity contribution in [2.75, 3.05) is 13.2 Å². The van der Waals surface area contributed by atoms with Crippen molar-refractivity contribution in [3.63, 3.8) is 0 Å². The van der Waals surface area contributed by atoms with Crippen molar-refractivity contribution >= 4 is 5.91 Å². The number of halogens is 4. The Morgan fingerprint density at radius 1 is 1.29 bits per heavy atom. The van der Waals surface area contributed by atoms with E-state index in [1.165, 1.54) is 28.9 Å². The second-order valence-corrected chi connectivity index (χ2v) is 6.67. The van der Waals surface area contributed by atoms with Crippen LogP contribution in [0.4, 0.5) is 17.6 Å². The number of alkyl halides is 3. The fourth-order valence-corrected chi connectivity index (χ4v) is 3.40. The largest absolute Gasteiger partial charge is 0.487 e. The van der Waals surface area contributed by atoms with Crippen LogP contribution in [0.1, 0.15) is 22.6 Å². The number of fused-ring (bicyclic) bond motifs is 1. The summed E-state index contributed by atoms with van der Waals surface area (Å²) < 4.78 is 65.6. The van der Waals surface area contributed by atoms with Crippen molar-refractivity contribution in [3.05, 3.63) is 47.5 Å². The number of hydrogen-bond donors (Lipinski definition) is 0. The number of carbonyl (C=O) groups is 1. The number of nitrogens with zero attached hydrogens (tertiary/aromatic N) is 3. The van der Waals surface area contributed by atoms with Gasteiger partial charge in [0.2, 0.25) is 0 Å². The highest BCUT2D eigenvalue weighted by atomic mass is 19.4. The van der Waals surface area contributed by atoms with Crippen molar-refractivity contribution in [3.8, 4) is 5.75 Å². The highest BCUT2D eigenvalue weighted by molar-refractivity contribution is 5.93. The monoisotopic (exact) mass is 399 g/mol. The molecule has 2 aliphatic rings. The van der Waals surface area contributed by atoms with Gasteiger partial charge < -0.3 is 14.4 Å². The van der Waals surface area contributed by atoms with Crippen molar-refractivity contribution in [2.45, 2.75) is 37.9 Å². The van der Waals surface area contributed by atoms with Crippen LogP contribution in [0, 0.1) is 5.82 Å². The Morgan fingerprint density at radius 2 is 2.07 bits per heavy atom. The summed E-state index contributed by atoms with van der Waals surface area (Å²) in [4.78, 5) is 13.5. The summed E-state index contributed by atoms with van der Waals surface area (Å²) in [5.74, 6) is -0.907. The molecule has 3 heterocycles. The fourth-order valence-electron chi connectivity index (χ4n) is 3.40. The first kappa shape index (κ1) is 18.7. The molecule has 0 saturated carbocycles. The maximum Gasteiger partial charge on any atom is 0.411 e. The molecule has 150 valence electrons. The number of rotatable bonds is 5. The van der Waals surface area contributed by atoms with Gasteiger partial charge in [-0.3, -0.25) is 9.48 Å². The van der Waals surface area contributed by atoms with E-state index >= 15 is 0 Å². The minimum atomic E-state index is -4.58. The van der Waals surface area contributed by atoms with Crippen LogP contribution in [0.2, 0.25) is 0 Å². The van der Waals surface area contributed by atoms with Crippen molar-refractivity contribution in [1.29, 1.82) is 0 Å². The van der Waals surface area contributed by atoms with E-state index in [-0.39, 0.29) is 44.2 Å². The third-order valence-corrected chi connectivity index (χ3v) is 4.80. The van der Waals surface area contributed by atoms with Gasteiger partial charge in [-0.1, -0.05) is 6.07 Å². The van der Waals surface area contributed by atoms with Crippen LogP contribution in [-0.2, 0) is 17.9 Å². The van der Waals surface area contributed by atoms with Crippen LogP contribution < -0.4 is 4.74 Å². The van der Waals surface area contributed by atoms with E-state index in [1.807, 2.05) is 0 Å². The summed E-state index contributed by atoms with van der Waals surface area (Å²) >= 11 is 0. The molecule has 1 unspecified atom stereocenters. The van der Waals surface area contributed by atoms with Crippen LogP contribution in [0.5, 0.6) is 5.75 Å². The minimum absolute atomic E-state index is 0.0365. The average Bonchev–Trinajstić information content (AvgIpc) is 3.00. The molecule has 0 bridgehead atoms. The van der Waals surface area contributed by atoms with Gasteiger partial charge in [0.05, 0.1) is 12.6 Å². The van der Waals surface area contributed by atoms with Gasteiger partial charge in [0.25, 0.3) is 5.91 Å². The lowest BCUT2D eigenvalue weighted by atomic mass is 10.0. The van der Waals surface area contributed by atoms with Gasteiger partial charge in [-0.25, -0.2) is 4.39 Å². The van der Waals surface area contributed by atoms with Gasteiger partial charge in [-0.15, -0.1) is 0 Å². The fraction of sp³-hybridized carbons (Fsp3) is 0.444. The average molecular weight is 399 g/mol. The van der Waals surface area contributed by atoms with Crippen molar-refractivity contribution in [2.24, 2.45) is 0 Å². The molecule has 1 aromatic heterocycles. The van der Waals surface area contributed by atoms with E-state index < -0.39 is 30.0 Å². The topological polar surface area (TPSA) is 56.6 Å². The lowest BCUT2D eigenvalue weighted by molar-refractivity contribution is -0.230. The first-order valence-electron chi connectivity index (χ1n) is 8.77. The number of benzene rings is 1. The number of ether oxygens (including phenoxy) is 2. The standard InChI is InChI=1S/C18H17F4N3O3/c19-11-2-1-3-13(8-11)28-10-12-9-14-17(26)24(5-6-25(14)23-12)16(18(20,21)22)15-4-7-27-15/h1-3,8-9,15-16H,4-7,10H2/t15?,16-/m1/s1. The molecule has 0 spiro atoms. The molecule has 2 aliphatic heterocycles. The molecule has 10 heteroatoms. The Hall–Kier alpha value is -2.62. The summed E-state index contributed by atoms with van der Waals surface area (Å²) in [6.07, 6.45) is -5.35. The molecule has 2 atom stereocenters. The van der Waals surface area contributed by atoms with E-state index in [4.69, 9.17) is 9.47 Å². The van der Waals surface area contributed by atoms with Gasteiger partial charge >= 0.3 is 6.18 Å². The molecule has 0 aliphatic carbocycles. The highest BCUT2D eigenvalue weighted by Crippen LogP contribution is 2.35. The summed E-state index contributed by atoms with van der Waals surface area (Å²) in [5.41, 5.74) is 0.440. The quantitative estimate of drug-likeness (QED) is 0.726. The molecule has 1 aromatic carbocycles. The lowest BCUT2D eigenvalue weighted by Crippen LogP contribution is -2.60. The van der Waals surface area contributed by atoms with E-state index in [0.717, 1.165) is 4.90 Å². The molecule has 1 fully saturated rings. The Balaban J connectivity index is 1.50. The number of carbonyl (C=O) groups excluding carboxylic acids is 1. The first-order valence-corrected chi connectivity index (χ1v) is 8.77. The molecular formula is C18H17F4N3O3. The van der Waals surface area contributed by atoms with Crippen LogP contribution in [-0.4, -0.2) is 52.1 Å². The molecule has 0 radical (unpaired) electrons. The zero-order valence-corrected chi connectivity index (χ0v) is 14.7. The zero-order valence-electron chi connectivity index (χ0n) is 14.7. The van der Waals surface area contributed by atoms with E-state index in [1.54, 1.807) is 6.07 Å². The number of aromatic nitrogens is 2. The Kier molecular flexibility index (Phi) is 4.74. The minimum Gasteiger partial charge on any atom is -0.487 e. The van der Waals surface area contributed by atoms with Crippen LogP contribution in [0.3, 0.4) is 0 Å². The smallest absolute Gasteiger partial charge is 0.411 e. The van der Waals surface area contributed by atoms with Crippen LogP contribution in [0.25, 0.3) is 0 Å². The van der Waals surface area contributed by atoms with Gasteiger partial charge in [0, 0.05) is 19.2 Å². The summed E-state index contributed by atoms with van der Waals surface area (Å²) in [5, 5.41) is 4.21. The molecule has 4 rings (SSSR count). The summed E-state index contributed by atoms with van der Waals surface area (Å²) in [6.45, 7) is 0.256. The molecule has 0 N–H and O–H groups in total. The summed E-state index contributed by atoms with van der Waals surface area (Å²) in [7, 11) is 0. The molecule has 1 saturated heterocycles. The molecule has 28 heavy (non-hydrogen) atoms. The lowest BCUT2D eigenvalue weighted by Gasteiger charge is -2.42. The van der Waals surface area contributed by atoms with E-state index in [0.29, 0.717) is 5.69 Å². The van der Waals surface area contributed by atoms with Crippen LogP contribution >= 0.6 is 0 Å². The van der Waals surface area contributed by atoms with Gasteiger partial charge in [0.1, 0.15) is 29.6 Å². The molecular weight excluding hydrogens is 382 g/mol. The number of hydrogen-bond acceptors (Lipinski definition) is 4. The Labute approximate surface area is 157 Å². The van der Waals surface area contributed by atoms with E-state index in [2.05, 4.69) is 5.10 Å². The molecule has 2 aromatic rings. The van der Waals surface area contributed by atoms with Crippen molar-refractivity contribution in [1.82, 2.24) is 14.7 Å². The second kappa shape index (κ2) is 7.08. The normalized spacial score (nSPS) is 20.5. The maximum atomic E-state index is 13.5. The molecule has 1 amide bonds. The maximum absolute atomic E-state index is 13.5. The second-order valence-electron chi connectivity index (χ2n) is 6.67. The van der Waals surface area contributed by atoms with E-state index in [9.17, 15) is 22.4 Å². The Bertz CT molecular complexity index is 879. The highest BCUT2D eigenvalue weighted by Gasteiger charge is 2.53. The first-order chi connectivity index (χ1) is 13.3. The molecule has 6 nitrogen and oxygen atoms in total. The van der Waals surface area contributed by atoms with Gasteiger partial charge in [-0.2, -0.15) is 18.3 Å². The zero-order chi connectivity index (χ0) is 19.9. The van der Waals surface area contributed by atoms with Gasteiger partial charge in [0.15, 0.2) is 6.04 Å². The third-order valence-electron chi connectivity index (χ3n) is 4.80.